The maximum absolute atomic E-state index is 13.1. The monoisotopic (exact) mass is 474 g/mol. The molecule has 0 saturated heterocycles. The maximum atomic E-state index is 13.1. The number of carboxylic acid groups (broad SMARTS) is 1. The molecule has 4 rings (SSSR count). The number of aliphatic hydroxyl groups is 2. The summed E-state index contributed by atoms with van der Waals surface area (Å²) in [5, 5.41) is 31.7. The van der Waals surface area contributed by atoms with E-state index in [9.17, 15) is 29.4 Å². The SMILES string of the molecule is CC1C[C@@H]2[C@H](C(O)C[C@@]3(C)[C@H]2CC[C@]3(O)C(=O)COC(=O)CCC(=O)O)[C@@]2(C)C=CC(=O)C=C12. The van der Waals surface area contributed by atoms with Gasteiger partial charge < -0.3 is 20.1 Å². The highest BCUT2D eigenvalue weighted by molar-refractivity contribution is 6.01. The molecule has 0 aromatic heterocycles. The molecule has 0 heterocycles. The predicted molar refractivity (Wildman–Crippen MR) is 120 cm³/mol. The number of Topliss-reactive ketones (excluding diaryl/α,β-unsaturated/α-hetero) is 1. The van der Waals surface area contributed by atoms with E-state index >= 15 is 0 Å². The molecule has 4 aliphatic rings. The Morgan fingerprint density at radius 1 is 1.21 bits per heavy atom. The Kier molecular flexibility index (Phi) is 6.13. The highest BCUT2D eigenvalue weighted by Gasteiger charge is 2.68. The molecule has 8 atom stereocenters. The minimum Gasteiger partial charge on any atom is -0.481 e. The number of esters is 1. The molecule has 0 bridgehead atoms. The molecule has 0 spiro atoms. The van der Waals surface area contributed by atoms with E-state index in [-0.39, 0.29) is 55.1 Å². The first-order valence-corrected chi connectivity index (χ1v) is 12.1. The van der Waals surface area contributed by atoms with E-state index in [0.29, 0.717) is 6.42 Å². The minimum absolute atomic E-state index is 0.00980. The Morgan fingerprint density at radius 2 is 1.91 bits per heavy atom. The fraction of sp³-hybridized carbons (Fsp3) is 0.692. The van der Waals surface area contributed by atoms with Crippen LogP contribution in [0, 0.1) is 34.5 Å². The third-order valence-electron chi connectivity index (χ3n) is 9.34. The van der Waals surface area contributed by atoms with Crippen molar-refractivity contribution in [2.75, 3.05) is 6.61 Å². The number of carbonyl (C=O) groups excluding carboxylic acids is 3. The van der Waals surface area contributed by atoms with Crippen molar-refractivity contribution < 1.29 is 39.2 Å². The van der Waals surface area contributed by atoms with Crippen LogP contribution < -0.4 is 0 Å². The third kappa shape index (κ3) is 3.66. The Hall–Kier alpha value is -2.32. The van der Waals surface area contributed by atoms with Crippen LogP contribution in [-0.2, 0) is 23.9 Å². The summed E-state index contributed by atoms with van der Waals surface area (Å²) in [5.41, 5.74) is -2.04. The number of aliphatic hydroxyl groups excluding tert-OH is 1. The van der Waals surface area contributed by atoms with E-state index in [1.807, 2.05) is 13.0 Å². The van der Waals surface area contributed by atoms with Crippen molar-refractivity contribution >= 4 is 23.5 Å². The van der Waals surface area contributed by atoms with Crippen LogP contribution in [0.15, 0.2) is 23.8 Å². The van der Waals surface area contributed by atoms with Crippen LogP contribution in [0.3, 0.4) is 0 Å². The standard InChI is InChI=1S/C26H34O8/c1-14-10-16-17-7-9-26(33,20(29)13-34-22(32)5-4-21(30)31)25(17,3)12-19(28)23(16)24(2)8-6-15(27)11-18(14)24/h6,8,11,14,16-17,19,23,28,33H,4-5,7,9-10,12-13H2,1-3H3,(H,30,31)/t14?,16-,17-,19?,23+,24-,25-,26-/m0/s1. The minimum atomic E-state index is -1.74. The van der Waals surface area contributed by atoms with Crippen molar-refractivity contribution in [3.8, 4) is 0 Å². The first-order chi connectivity index (χ1) is 15.8. The number of hydrogen-bond donors (Lipinski definition) is 3. The quantitative estimate of drug-likeness (QED) is 0.498. The number of allylic oxidation sites excluding steroid dienone is 4. The van der Waals surface area contributed by atoms with Gasteiger partial charge in [0.05, 0.1) is 18.9 Å². The molecule has 0 aromatic rings. The molecular weight excluding hydrogens is 440 g/mol. The average Bonchev–Trinajstić information content (AvgIpc) is 3.03. The molecule has 3 N–H and O–H groups in total. The van der Waals surface area contributed by atoms with Gasteiger partial charge >= 0.3 is 11.9 Å². The van der Waals surface area contributed by atoms with Gasteiger partial charge in [-0.2, -0.15) is 0 Å². The Balaban J connectivity index is 1.56. The molecule has 186 valence electrons. The lowest BCUT2D eigenvalue weighted by atomic mass is 9.45. The van der Waals surface area contributed by atoms with Crippen LogP contribution in [0.25, 0.3) is 0 Å². The van der Waals surface area contributed by atoms with E-state index in [1.165, 1.54) is 0 Å². The predicted octanol–water partition coefficient (Wildman–Crippen LogP) is 2.22. The normalized spacial score (nSPS) is 42.8. The number of ether oxygens (including phenoxy) is 1. The van der Waals surface area contributed by atoms with E-state index in [2.05, 4.69) is 13.8 Å². The summed E-state index contributed by atoms with van der Waals surface area (Å²) < 4.78 is 4.98. The lowest BCUT2D eigenvalue weighted by Gasteiger charge is -2.60. The second-order valence-electron chi connectivity index (χ2n) is 11.1. The number of aliphatic carboxylic acids is 1. The number of carboxylic acids is 1. The van der Waals surface area contributed by atoms with E-state index in [1.54, 1.807) is 12.2 Å². The molecule has 8 heteroatoms. The van der Waals surface area contributed by atoms with Crippen LogP contribution in [0.4, 0.5) is 0 Å². The Bertz CT molecular complexity index is 981. The summed E-state index contributed by atoms with van der Waals surface area (Å²) in [5.74, 6) is -2.51. The third-order valence-corrected chi connectivity index (χ3v) is 9.34. The molecule has 0 aromatic carbocycles. The molecule has 0 aliphatic heterocycles. The maximum Gasteiger partial charge on any atom is 0.306 e. The molecule has 3 saturated carbocycles. The fourth-order valence-corrected chi connectivity index (χ4v) is 7.76. The van der Waals surface area contributed by atoms with Crippen molar-refractivity contribution in [3.63, 3.8) is 0 Å². The first-order valence-electron chi connectivity index (χ1n) is 12.1. The number of rotatable bonds is 6. The highest BCUT2D eigenvalue weighted by Crippen LogP contribution is 2.67. The van der Waals surface area contributed by atoms with Gasteiger partial charge in [-0.25, -0.2) is 0 Å². The molecule has 8 nitrogen and oxygen atoms in total. The van der Waals surface area contributed by atoms with Gasteiger partial charge in [0.25, 0.3) is 0 Å². The lowest BCUT2D eigenvalue weighted by molar-refractivity contribution is -0.182. The largest absolute Gasteiger partial charge is 0.481 e. The molecular formula is C26H34O8. The van der Waals surface area contributed by atoms with E-state index in [0.717, 1.165) is 12.0 Å². The lowest BCUT2D eigenvalue weighted by Crippen LogP contribution is -2.62. The van der Waals surface area contributed by atoms with Crippen molar-refractivity contribution in [3.05, 3.63) is 23.8 Å². The summed E-state index contributed by atoms with van der Waals surface area (Å²) in [6.07, 6.45) is 5.52. The molecule has 34 heavy (non-hydrogen) atoms. The van der Waals surface area contributed by atoms with Gasteiger partial charge in [-0.05, 0) is 55.6 Å². The van der Waals surface area contributed by atoms with Crippen molar-refractivity contribution in [2.24, 2.45) is 34.5 Å². The molecule has 2 unspecified atom stereocenters. The molecule has 4 aliphatic carbocycles. The van der Waals surface area contributed by atoms with Crippen molar-refractivity contribution in [1.82, 2.24) is 0 Å². The summed E-state index contributed by atoms with van der Waals surface area (Å²) in [7, 11) is 0. The average molecular weight is 475 g/mol. The zero-order valence-electron chi connectivity index (χ0n) is 20.0. The smallest absolute Gasteiger partial charge is 0.306 e. The van der Waals surface area contributed by atoms with Gasteiger partial charge in [0.1, 0.15) is 5.60 Å². The van der Waals surface area contributed by atoms with Gasteiger partial charge in [0.2, 0.25) is 5.78 Å². The Morgan fingerprint density at radius 3 is 2.59 bits per heavy atom. The van der Waals surface area contributed by atoms with Crippen LogP contribution in [0.2, 0.25) is 0 Å². The second-order valence-corrected chi connectivity index (χ2v) is 11.1. The summed E-state index contributed by atoms with van der Waals surface area (Å²) >= 11 is 0. The van der Waals surface area contributed by atoms with Crippen LogP contribution in [0.5, 0.6) is 0 Å². The first kappa shape index (κ1) is 24.8. The van der Waals surface area contributed by atoms with Gasteiger partial charge in [-0.15, -0.1) is 0 Å². The van der Waals surface area contributed by atoms with Gasteiger partial charge in [0, 0.05) is 16.7 Å². The Labute approximate surface area is 199 Å². The van der Waals surface area contributed by atoms with Crippen molar-refractivity contribution in [1.29, 1.82) is 0 Å². The molecule has 0 amide bonds. The van der Waals surface area contributed by atoms with Crippen LogP contribution in [-0.4, -0.2) is 57.1 Å². The summed E-state index contributed by atoms with van der Waals surface area (Å²) in [6.45, 7) is 5.40. The second kappa shape index (κ2) is 8.41. The van der Waals surface area contributed by atoms with Gasteiger partial charge in [-0.3, -0.25) is 19.2 Å². The molecule has 3 fully saturated rings. The summed E-state index contributed by atoms with van der Waals surface area (Å²) in [6, 6.07) is 0. The number of hydrogen-bond acceptors (Lipinski definition) is 7. The number of ketones is 2. The van der Waals surface area contributed by atoms with E-state index < -0.39 is 46.9 Å². The van der Waals surface area contributed by atoms with Gasteiger partial charge in [-0.1, -0.05) is 32.4 Å². The number of carbonyl (C=O) groups is 4. The van der Waals surface area contributed by atoms with Crippen LogP contribution >= 0.6 is 0 Å². The van der Waals surface area contributed by atoms with Crippen molar-refractivity contribution in [2.45, 2.75) is 71.0 Å². The zero-order valence-corrected chi connectivity index (χ0v) is 20.0. The highest BCUT2D eigenvalue weighted by atomic mass is 16.5. The van der Waals surface area contributed by atoms with Gasteiger partial charge in [0.15, 0.2) is 12.4 Å². The molecule has 0 radical (unpaired) electrons. The van der Waals surface area contributed by atoms with Crippen LogP contribution in [0.1, 0.15) is 59.3 Å². The fourth-order valence-electron chi connectivity index (χ4n) is 7.76. The number of fused-ring (bicyclic) bond motifs is 5. The van der Waals surface area contributed by atoms with E-state index in [4.69, 9.17) is 9.84 Å². The zero-order chi connectivity index (χ0) is 25.1. The topological polar surface area (TPSA) is 138 Å². The summed E-state index contributed by atoms with van der Waals surface area (Å²) in [4.78, 5) is 47.7.